The molecule has 3 rings (SSSR count). The maximum Gasteiger partial charge on any atom is 0.325 e. The summed E-state index contributed by atoms with van der Waals surface area (Å²) >= 11 is 3.32. The monoisotopic (exact) mass is 438 g/mol. The summed E-state index contributed by atoms with van der Waals surface area (Å²) < 4.78 is 12.7. The zero-order valence-electron chi connectivity index (χ0n) is 15.1. The highest BCUT2D eigenvalue weighted by Crippen LogP contribution is 2.37. The van der Waals surface area contributed by atoms with Gasteiger partial charge in [0.25, 0.3) is 11.5 Å². The molecule has 0 spiro atoms. The minimum Gasteiger partial charge on any atom is -0.506 e. The second kappa shape index (κ2) is 6.88. The number of ether oxygens (including phenoxy) is 2. The van der Waals surface area contributed by atoms with Gasteiger partial charge < -0.3 is 24.5 Å². The van der Waals surface area contributed by atoms with Crippen LogP contribution in [0.15, 0.2) is 21.4 Å². The Balaban J connectivity index is 1.99. The number of pyridine rings is 1. The van der Waals surface area contributed by atoms with Crippen LogP contribution in [0.2, 0.25) is 0 Å². The molecule has 0 aliphatic carbocycles. The normalized spacial score (nSPS) is 13.2. The SMILES string of the molecule is CC(C)(C)OC(=O)CNC(=O)c1c(O)c2cc(Br)cc3c2n(c1=O)CCO3. The number of benzene rings is 1. The Morgan fingerprint density at radius 1 is 1.37 bits per heavy atom. The van der Waals surface area contributed by atoms with Gasteiger partial charge >= 0.3 is 5.97 Å². The van der Waals surface area contributed by atoms with Crippen LogP contribution in [-0.4, -0.2) is 40.3 Å². The molecule has 1 aromatic heterocycles. The minimum absolute atomic E-state index is 0.247. The average Bonchev–Trinajstić information content (AvgIpc) is 2.56. The number of nitrogens with zero attached hydrogens (tertiary/aromatic N) is 1. The highest BCUT2D eigenvalue weighted by atomic mass is 79.9. The smallest absolute Gasteiger partial charge is 0.325 e. The molecule has 0 bridgehead atoms. The van der Waals surface area contributed by atoms with E-state index in [0.717, 1.165) is 0 Å². The molecule has 8 nitrogen and oxygen atoms in total. The van der Waals surface area contributed by atoms with Crippen molar-refractivity contribution in [3.05, 3.63) is 32.5 Å². The van der Waals surface area contributed by atoms with Crippen molar-refractivity contribution >= 4 is 38.7 Å². The van der Waals surface area contributed by atoms with Crippen LogP contribution >= 0.6 is 15.9 Å². The van der Waals surface area contributed by atoms with Crippen LogP contribution in [0.4, 0.5) is 0 Å². The zero-order valence-corrected chi connectivity index (χ0v) is 16.7. The van der Waals surface area contributed by atoms with E-state index in [-0.39, 0.29) is 13.2 Å². The van der Waals surface area contributed by atoms with Gasteiger partial charge in [0.15, 0.2) is 0 Å². The van der Waals surface area contributed by atoms with Gasteiger partial charge in [-0.1, -0.05) is 15.9 Å². The van der Waals surface area contributed by atoms with Crippen LogP contribution in [0.1, 0.15) is 31.1 Å². The average molecular weight is 439 g/mol. The van der Waals surface area contributed by atoms with E-state index in [9.17, 15) is 19.5 Å². The third-order valence-corrected chi connectivity index (χ3v) is 4.33. The fourth-order valence-electron chi connectivity index (χ4n) is 2.90. The molecular formula is C18H19BrN2O6. The molecule has 0 atom stereocenters. The molecule has 1 aliphatic heterocycles. The number of nitrogens with one attached hydrogen (secondary N) is 1. The van der Waals surface area contributed by atoms with Crippen molar-refractivity contribution in [3.8, 4) is 11.5 Å². The lowest BCUT2D eigenvalue weighted by atomic mass is 10.1. The van der Waals surface area contributed by atoms with Crippen LogP contribution < -0.4 is 15.6 Å². The maximum absolute atomic E-state index is 12.8. The lowest BCUT2D eigenvalue weighted by Gasteiger charge is -2.22. The Morgan fingerprint density at radius 3 is 2.74 bits per heavy atom. The minimum atomic E-state index is -0.845. The van der Waals surface area contributed by atoms with E-state index < -0.39 is 40.9 Å². The number of carbonyl (C=O) groups excluding carboxylic acids is 2. The van der Waals surface area contributed by atoms with Crippen LogP contribution in [0.5, 0.6) is 11.5 Å². The first-order valence-corrected chi connectivity index (χ1v) is 9.09. The first-order chi connectivity index (χ1) is 12.6. The predicted octanol–water partition coefficient (Wildman–Crippen LogP) is 1.93. The summed E-state index contributed by atoms with van der Waals surface area (Å²) in [5, 5.41) is 13.2. The van der Waals surface area contributed by atoms with Gasteiger partial charge in [-0.15, -0.1) is 0 Å². The van der Waals surface area contributed by atoms with E-state index in [0.29, 0.717) is 21.1 Å². The molecular weight excluding hydrogens is 420 g/mol. The number of aromatic hydroxyl groups is 1. The van der Waals surface area contributed by atoms with E-state index >= 15 is 0 Å². The summed E-state index contributed by atoms with van der Waals surface area (Å²) in [6.07, 6.45) is 0. The summed E-state index contributed by atoms with van der Waals surface area (Å²) in [4.78, 5) is 37.1. The number of carbonyl (C=O) groups is 2. The molecule has 9 heteroatoms. The summed E-state index contributed by atoms with van der Waals surface area (Å²) in [6, 6.07) is 3.29. The Bertz CT molecular complexity index is 1010. The van der Waals surface area contributed by atoms with Gasteiger partial charge in [0.05, 0.1) is 12.1 Å². The van der Waals surface area contributed by atoms with Gasteiger partial charge in [-0.3, -0.25) is 14.4 Å². The van der Waals surface area contributed by atoms with Crippen LogP contribution in [0.3, 0.4) is 0 Å². The number of rotatable bonds is 3. The Morgan fingerprint density at radius 2 is 2.07 bits per heavy atom. The predicted molar refractivity (Wildman–Crippen MR) is 101 cm³/mol. The molecule has 0 saturated carbocycles. The largest absolute Gasteiger partial charge is 0.506 e. The molecule has 144 valence electrons. The molecule has 27 heavy (non-hydrogen) atoms. The molecule has 0 saturated heterocycles. The topological polar surface area (TPSA) is 107 Å². The van der Waals surface area contributed by atoms with Gasteiger partial charge in [-0.25, -0.2) is 0 Å². The van der Waals surface area contributed by atoms with Gasteiger partial charge in [-0.2, -0.15) is 0 Å². The highest BCUT2D eigenvalue weighted by molar-refractivity contribution is 9.10. The van der Waals surface area contributed by atoms with Crippen molar-refractivity contribution in [1.82, 2.24) is 9.88 Å². The summed E-state index contributed by atoms with van der Waals surface area (Å²) in [5.74, 6) is -1.50. The maximum atomic E-state index is 12.8. The van der Waals surface area contributed by atoms with Crippen molar-refractivity contribution < 1.29 is 24.2 Å². The van der Waals surface area contributed by atoms with Gasteiger partial charge in [0.1, 0.15) is 35.8 Å². The number of hydrogen-bond acceptors (Lipinski definition) is 6. The third-order valence-electron chi connectivity index (χ3n) is 3.87. The second-order valence-corrected chi connectivity index (χ2v) is 8.01. The molecule has 1 aliphatic rings. The number of halogens is 1. The van der Waals surface area contributed by atoms with E-state index in [1.54, 1.807) is 32.9 Å². The number of amides is 1. The lowest BCUT2D eigenvalue weighted by molar-refractivity contribution is -0.153. The number of aromatic nitrogens is 1. The van der Waals surface area contributed by atoms with Crippen molar-refractivity contribution in [2.75, 3.05) is 13.2 Å². The number of hydrogen-bond donors (Lipinski definition) is 2. The molecule has 0 radical (unpaired) electrons. The van der Waals surface area contributed by atoms with E-state index in [1.807, 2.05) is 0 Å². The molecule has 2 aromatic rings. The molecule has 0 fully saturated rings. The molecule has 2 N–H and O–H groups in total. The lowest BCUT2D eigenvalue weighted by Crippen LogP contribution is -2.39. The number of esters is 1. The Labute approximate surface area is 163 Å². The second-order valence-electron chi connectivity index (χ2n) is 7.10. The van der Waals surface area contributed by atoms with Crippen LogP contribution in [0, 0.1) is 0 Å². The van der Waals surface area contributed by atoms with Crippen molar-refractivity contribution in [2.45, 2.75) is 32.9 Å². The molecule has 0 unspecified atom stereocenters. The standard InChI is InChI=1S/C18H19BrN2O6/c1-18(2,3)27-12(22)8-20-16(24)13-15(23)10-6-9(19)7-11-14(10)21(17(13)25)4-5-26-11/h6-7,23H,4-5,8H2,1-3H3,(H,20,24). The van der Waals surface area contributed by atoms with E-state index in [2.05, 4.69) is 21.2 Å². The molecule has 1 aromatic carbocycles. The Hall–Kier alpha value is -2.55. The molecule has 2 heterocycles. The van der Waals surface area contributed by atoms with Gasteiger partial charge in [0.2, 0.25) is 0 Å². The van der Waals surface area contributed by atoms with E-state index in [4.69, 9.17) is 9.47 Å². The van der Waals surface area contributed by atoms with Crippen molar-refractivity contribution in [1.29, 1.82) is 0 Å². The summed E-state index contributed by atoms with van der Waals surface area (Å²) in [5.41, 5.74) is -1.33. The van der Waals surface area contributed by atoms with E-state index in [1.165, 1.54) is 4.57 Å². The molecule has 1 amide bonds. The van der Waals surface area contributed by atoms with Crippen LogP contribution in [-0.2, 0) is 16.1 Å². The highest BCUT2D eigenvalue weighted by Gasteiger charge is 2.27. The summed E-state index contributed by atoms with van der Waals surface area (Å²) in [7, 11) is 0. The third kappa shape index (κ3) is 3.78. The fourth-order valence-corrected chi connectivity index (χ4v) is 3.34. The van der Waals surface area contributed by atoms with Gasteiger partial charge in [0, 0.05) is 9.86 Å². The van der Waals surface area contributed by atoms with Crippen molar-refractivity contribution in [3.63, 3.8) is 0 Å². The Kier molecular flexibility index (Phi) is 4.90. The quantitative estimate of drug-likeness (QED) is 0.708. The fraction of sp³-hybridized carbons (Fsp3) is 0.389. The van der Waals surface area contributed by atoms with Gasteiger partial charge in [-0.05, 0) is 32.9 Å². The first kappa shape index (κ1) is 19.2. The van der Waals surface area contributed by atoms with Crippen LogP contribution in [0.25, 0.3) is 10.9 Å². The first-order valence-electron chi connectivity index (χ1n) is 8.30. The zero-order chi connectivity index (χ0) is 19.9. The summed E-state index contributed by atoms with van der Waals surface area (Å²) in [6.45, 7) is 5.21. The van der Waals surface area contributed by atoms with Crippen molar-refractivity contribution in [2.24, 2.45) is 0 Å².